The molecule has 4 heteroatoms. The normalized spacial score (nSPS) is 15.7. The Morgan fingerprint density at radius 1 is 1.00 bits per heavy atom. The molecule has 0 aliphatic carbocycles. The van der Waals surface area contributed by atoms with Crippen LogP contribution in [0.5, 0.6) is 0 Å². The molecule has 4 rings (SSSR count). The molecule has 24 heavy (non-hydrogen) atoms. The average molecular weight is 319 g/mol. The summed E-state index contributed by atoms with van der Waals surface area (Å²) in [6.45, 7) is 4.51. The summed E-state index contributed by atoms with van der Waals surface area (Å²) < 4.78 is 5.46. The molecule has 1 fully saturated rings. The number of hydrogen-bond acceptors (Lipinski definition) is 4. The van der Waals surface area contributed by atoms with Crippen LogP contribution in [0.3, 0.4) is 0 Å². The van der Waals surface area contributed by atoms with E-state index < -0.39 is 0 Å². The summed E-state index contributed by atoms with van der Waals surface area (Å²) in [5, 5.41) is 1.23. The van der Waals surface area contributed by atoms with Gasteiger partial charge in [0.1, 0.15) is 0 Å². The van der Waals surface area contributed by atoms with Crippen molar-refractivity contribution in [1.82, 2.24) is 9.88 Å². The van der Waals surface area contributed by atoms with Crippen LogP contribution in [0.4, 0.5) is 5.69 Å². The molecule has 1 aromatic heterocycles. The molecule has 0 amide bonds. The van der Waals surface area contributed by atoms with Crippen molar-refractivity contribution >= 4 is 16.6 Å². The van der Waals surface area contributed by atoms with Gasteiger partial charge < -0.3 is 10.5 Å². The molecule has 2 heterocycles. The smallest absolute Gasteiger partial charge is 0.0712 e. The Labute approximate surface area is 141 Å². The summed E-state index contributed by atoms with van der Waals surface area (Å²) in [4.78, 5) is 7.29. The van der Waals surface area contributed by atoms with Crippen molar-refractivity contribution in [2.75, 3.05) is 32.0 Å². The molecule has 0 spiro atoms. The minimum atomic E-state index is 0.771. The van der Waals surface area contributed by atoms with Gasteiger partial charge in [0.2, 0.25) is 0 Å². The Kier molecular flexibility index (Phi) is 4.15. The Morgan fingerprint density at radius 2 is 1.75 bits per heavy atom. The van der Waals surface area contributed by atoms with Gasteiger partial charge in [-0.15, -0.1) is 0 Å². The SMILES string of the molecule is Nc1ccc(-c2cc(CN3CCOCC3)c3ccccc3n2)cc1. The highest BCUT2D eigenvalue weighted by Gasteiger charge is 2.14. The predicted molar refractivity (Wildman–Crippen MR) is 97.7 cm³/mol. The van der Waals surface area contributed by atoms with Gasteiger partial charge >= 0.3 is 0 Å². The number of morpholine rings is 1. The van der Waals surface area contributed by atoms with Crippen LogP contribution in [-0.2, 0) is 11.3 Å². The number of nitrogens with two attached hydrogens (primary N) is 1. The van der Waals surface area contributed by atoms with Crippen molar-refractivity contribution in [3.05, 3.63) is 60.2 Å². The Balaban J connectivity index is 1.76. The van der Waals surface area contributed by atoms with Crippen LogP contribution in [0.15, 0.2) is 54.6 Å². The summed E-state index contributed by atoms with van der Waals surface area (Å²) >= 11 is 0. The van der Waals surface area contributed by atoms with Crippen LogP contribution in [0.25, 0.3) is 22.2 Å². The lowest BCUT2D eigenvalue weighted by molar-refractivity contribution is 0.0344. The lowest BCUT2D eigenvalue weighted by Gasteiger charge is -2.27. The van der Waals surface area contributed by atoms with E-state index in [1.54, 1.807) is 0 Å². The van der Waals surface area contributed by atoms with Gasteiger partial charge in [-0.1, -0.05) is 30.3 Å². The maximum atomic E-state index is 5.81. The quantitative estimate of drug-likeness (QED) is 0.753. The van der Waals surface area contributed by atoms with E-state index in [-0.39, 0.29) is 0 Å². The van der Waals surface area contributed by atoms with Gasteiger partial charge in [-0.3, -0.25) is 4.90 Å². The number of hydrogen-bond donors (Lipinski definition) is 1. The molecule has 0 saturated carbocycles. The van der Waals surface area contributed by atoms with E-state index in [1.165, 1.54) is 10.9 Å². The van der Waals surface area contributed by atoms with Crippen molar-refractivity contribution in [2.45, 2.75) is 6.54 Å². The number of aromatic nitrogens is 1. The third-order valence-corrected chi connectivity index (χ3v) is 4.51. The van der Waals surface area contributed by atoms with Gasteiger partial charge in [0.25, 0.3) is 0 Å². The number of para-hydroxylation sites is 1. The first-order valence-electron chi connectivity index (χ1n) is 8.34. The van der Waals surface area contributed by atoms with Gasteiger partial charge in [-0.2, -0.15) is 0 Å². The third kappa shape index (κ3) is 3.11. The van der Waals surface area contributed by atoms with Gasteiger partial charge in [0.15, 0.2) is 0 Å². The number of ether oxygens (including phenoxy) is 1. The predicted octanol–water partition coefficient (Wildman–Crippen LogP) is 3.32. The number of nitrogens with zero attached hydrogens (tertiary/aromatic N) is 2. The molecule has 4 nitrogen and oxygen atoms in total. The van der Waals surface area contributed by atoms with E-state index in [2.05, 4.69) is 29.2 Å². The van der Waals surface area contributed by atoms with Crippen LogP contribution < -0.4 is 5.73 Å². The zero-order valence-corrected chi connectivity index (χ0v) is 13.6. The van der Waals surface area contributed by atoms with Crippen molar-refractivity contribution in [3.63, 3.8) is 0 Å². The van der Waals surface area contributed by atoms with E-state index in [4.69, 9.17) is 15.5 Å². The first-order valence-corrected chi connectivity index (χ1v) is 8.34. The summed E-state index contributed by atoms with van der Waals surface area (Å²) in [6, 6.07) is 18.5. The number of anilines is 1. The lowest BCUT2D eigenvalue weighted by Crippen LogP contribution is -2.35. The highest BCUT2D eigenvalue weighted by molar-refractivity contribution is 5.85. The fourth-order valence-corrected chi connectivity index (χ4v) is 3.18. The first-order chi connectivity index (χ1) is 11.8. The molecule has 2 N–H and O–H groups in total. The summed E-state index contributed by atoms with van der Waals surface area (Å²) in [7, 11) is 0. The maximum Gasteiger partial charge on any atom is 0.0712 e. The van der Waals surface area contributed by atoms with E-state index in [0.29, 0.717) is 0 Å². The second-order valence-corrected chi connectivity index (χ2v) is 6.19. The van der Waals surface area contributed by atoms with Crippen LogP contribution in [0.1, 0.15) is 5.56 Å². The monoisotopic (exact) mass is 319 g/mol. The molecule has 0 unspecified atom stereocenters. The van der Waals surface area contributed by atoms with Gasteiger partial charge in [0.05, 0.1) is 24.4 Å². The minimum Gasteiger partial charge on any atom is -0.399 e. The molecule has 0 bridgehead atoms. The molecular formula is C20H21N3O. The highest BCUT2D eigenvalue weighted by Crippen LogP contribution is 2.26. The van der Waals surface area contributed by atoms with Gasteiger partial charge in [0, 0.05) is 36.3 Å². The molecule has 1 aliphatic rings. The average Bonchev–Trinajstić information content (AvgIpc) is 2.63. The molecule has 1 aliphatic heterocycles. The van der Waals surface area contributed by atoms with Crippen molar-refractivity contribution < 1.29 is 4.74 Å². The second-order valence-electron chi connectivity index (χ2n) is 6.19. The lowest BCUT2D eigenvalue weighted by atomic mass is 10.0. The van der Waals surface area contributed by atoms with Crippen LogP contribution in [0.2, 0.25) is 0 Å². The van der Waals surface area contributed by atoms with E-state index in [0.717, 1.165) is 55.3 Å². The summed E-state index contributed by atoms with van der Waals surface area (Å²) in [6.07, 6.45) is 0. The maximum absolute atomic E-state index is 5.81. The zero-order valence-electron chi connectivity index (χ0n) is 13.6. The second kappa shape index (κ2) is 6.59. The summed E-state index contributed by atoms with van der Waals surface area (Å²) in [5.41, 5.74) is 11.0. The number of pyridine rings is 1. The van der Waals surface area contributed by atoms with Crippen LogP contribution in [0, 0.1) is 0 Å². The fraction of sp³-hybridized carbons (Fsp3) is 0.250. The van der Waals surface area contributed by atoms with Crippen molar-refractivity contribution in [1.29, 1.82) is 0 Å². The van der Waals surface area contributed by atoms with Gasteiger partial charge in [-0.05, 0) is 29.8 Å². The van der Waals surface area contributed by atoms with Gasteiger partial charge in [-0.25, -0.2) is 4.98 Å². The van der Waals surface area contributed by atoms with Crippen molar-refractivity contribution in [2.24, 2.45) is 0 Å². The fourth-order valence-electron chi connectivity index (χ4n) is 3.18. The molecule has 122 valence electrons. The molecule has 3 aromatic rings. The van der Waals surface area contributed by atoms with E-state index in [1.807, 2.05) is 30.3 Å². The Morgan fingerprint density at radius 3 is 2.54 bits per heavy atom. The van der Waals surface area contributed by atoms with Crippen molar-refractivity contribution in [3.8, 4) is 11.3 Å². The molecule has 0 radical (unpaired) electrons. The largest absolute Gasteiger partial charge is 0.399 e. The molecule has 2 aromatic carbocycles. The Hall–Kier alpha value is -2.43. The van der Waals surface area contributed by atoms with Crippen LogP contribution in [-0.4, -0.2) is 36.2 Å². The molecular weight excluding hydrogens is 298 g/mol. The summed E-state index contributed by atoms with van der Waals surface area (Å²) in [5.74, 6) is 0. The van der Waals surface area contributed by atoms with Crippen LogP contribution >= 0.6 is 0 Å². The Bertz CT molecular complexity index is 839. The third-order valence-electron chi connectivity index (χ3n) is 4.51. The highest BCUT2D eigenvalue weighted by atomic mass is 16.5. The number of nitrogen functional groups attached to an aromatic ring is 1. The topological polar surface area (TPSA) is 51.4 Å². The van der Waals surface area contributed by atoms with E-state index in [9.17, 15) is 0 Å². The molecule has 1 saturated heterocycles. The number of fused-ring (bicyclic) bond motifs is 1. The minimum absolute atomic E-state index is 0.771. The van der Waals surface area contributed by atoms with E-state index >= 15 is 0 Å². The zero-order chi connectivity index (χ0) is 16.4. The molecule has 0 atom stereocenters. The number of benzene rings is 2. The number of rotatable bonds is 3. The first kappa shape index (κ1) is 15.1. The standard InChI is InChI=1S/C20H21N3O/c21-17-7-5-15(6-8-17)20-13-16(14-23-9-11-24-12-10-23)18-3-1-2-4-19(18)22-20/h1-8,13H,9-12,14,21H2.